The molecule has 1 atom stereocenters. The summed E-state index contributed by atoms with van der Waals surface area (Å²) >= 11 is 0. The molecule has 5 nitrogen and oxygen atoms in total. The molecule has 1 aliphatic heterocycles. The first-order valence-corrected chi connectivity index (χ1v) is 6.44. The highest BCUT2D eigenvalue weighted by atomic mass is 16.5. The van der Waals surface area contributed by atoms with E-state index in [0.29, 0.717) is 32.9 Å². The summed E-state index contributed by atoms with van der Waals surface area (Å²) in [6, 6.07) is 0. The molecule has 1 aliphatic rings. The van der Waals surface area contributed by atoms with E-state index in [0.717, 1.165) is 19.5 Å². The van der Waals surface area contributed by atoms with Crippen molar-refractivity contribution >= 4 is 5.91 Å². The Morgan fingerprint density at radius 3 is 2.76 bits per heavy atom. The first-order valence-electron chi connectivity index (χ1n) is 6.44. The second-order valence-electron chi connectivity index (χ2n) is 4.20. The topological polar surface area (TPSA) is 50.8 Å². The molecule has 1 fully saturated rings. The molecule has 0 spiro atoms. The van der Waals surface area contributed by atoms with E-state index in [2.05, 4.69) is 12.2 Å². The lowest BCUT2D eigenvalue weighted by atomic mass is 10.3. The van der Waals surface area contributed by atoms with Gasteiger partial charge in [0.05, 0.1) is 19.8 Å². The Balaban J connectivity index is 2.12. The highest BCUT2D eigenvalue weighted by Crippen LogP contribution is 2.03. The van der Waals surface area contributed by atoms with Crippen LogP contribution in [-0.4, -0.2) is 62.9 Å². The number of rotatable bonds is 7. The van der Waals surface area contributed by atoms with Crippen LogP contribution in [0, 0.1) is 0 Å². The molecule has 1 N–H and O–H groups in total. The number of nitrogens with one attached hydrogen (secondary N) is 1. The van der Waals surface area contributed by atoms with E-state index < -0.39 is 0 Å². The maximum atomic E-state index is 11.9. The van der Waals surface area contributed by atoms with E-state index in [-0.39, 0.29) is 12.0 Å². The van der Waals surface area contributed by atoms with Crippen molar-refractivity contribution in [2.45, 2.75) is 26.4 Å². The lowest BCUT2D eigenvalue weighted by molar-refractivity contribution is -0.146. The van der Waals surface area contributed by atoms with Gasteiger partial charge in [0.15, 0.2) is 0 Å². The van der Waals surface area contributed by atoms with Crippen LogP contribution < -0.4 is 5.32 Å². The molecule has 5 heteroatoms. The van der Waals surface area contributed by atoms with Gasteiger partial charge in [-0.3, -0.25) is 4.79 Å². The number of carbonyl (C=O) groups is 1. The minimum absolute atomic E-state index is 0.0730. The SMILES string of the molecule is CCCNCCOC(C)C(=O)N1CCOCC1. The zero-order valence-electron chi connectivity index (χ0n) is 10.9. The van der Waals surface area contributed by atoms with E-state index >= 15 is 0 Å². The van der Waals surface area contributed by atoms with Crippen LogP contribution in [0.25, 0.3) is 0 Å². The molecule has 1 heterocycles. The summed E-state index contributed by atoms with van der Waals surface area (Å²) in [4.78, 5) is 13.8. The Morgan fingerprint density at radius 1 is 1.41 bits per heavy atom. The van der Waals surface area contributed by atoms with Crippen molar-refractivity contribution in [3.63, 3.8) is 0 Å². The third kappa shape index (κ3) is 5.48. The molecule has 0 bridgehead atoms. The summed E-state index contributed by atoms with van der Waals surface area (Å²) in [5.74, 6) is 0.0730. The Hall–Kier alpha value is -0.650. The lowest BCUT2D eigenvalue weighted by Gasteiger charge is -2.29. The number of carbonyl (C=O) groups excluding carboxylic acids is 1. The standard InChI is InChI=1S/C12H24N2O3/c1-3-4-13-5-8-17-11(2)12(15)14-6-9-16-10-7-14/h11,13H,3-10H2,1-2H3. The minimum atomic E-state index is -0.350. The van der Waals surface area contributed by atoms with Crippen LogP contribution in [0.5, 0.6) is 0 Å². The van der Waals surface area contributed by atoms with Gasteiger partial charge in [-0.05, 0) is 19.9 Å². The third-order valence-electron chi connectivity index (χ3n) is 2.74. The predicted octanol–water partition coefficient (Wildman–Crippen LogP) is 0.250. The smallest absolute Gasteiger partial charge is 0.251 e. The number of hydrogen-bond acceptors (Lipinski definition) is 4. The number of amides is 1. The maximum absolute atomic E-state index is 11.9. The molecule has 0 radical (unpaired) electrons. The van der Waals surface area contributed by atoms with Gasteiger partial charge in [-0.1, -0.05) is 6.92 Å². The van der Waals surface area contributed by atoms with Crippen LogP contribution in [0.3, 0.4) is 0 Å². The largest absolute Gasteiger partial charge is 0.378 e. The molecule has 1 rings (SSSR count). The van der Waals surface area contributed by atoms with E-state index in [9.17, 15) is 4.79 Å². The van der Waals surface area contributed by atoms with Gasteiger partial charge in [0, 0.05) is 19.6 Å². The fourth-order valence-corrected chi connectivity index (χ4v) is 1.72. The number of nitrogens with zero attached hydrogens (tertiary/aromatic N) is 1. The molecule has 0 aromatic heterocycles. The second kappa shape index (κ2) is 8.44. The van der Waals surface area contributed by atoms with Crippen molar-refractivity contribution in [3.8, 4) is 0 Å². The van der Waals surface area contributed by atoms with Crippen molar-refractivity contribution < 1.29 is 14.3 Å². The van der Waals surface area contributed by atoms with Crippen LogP contribution in [0.15, 0.2) is 0 Å². The second-order valence-corrected chi connectivity index (χ2v) is 4.20. The van der Waals surface area contributed by atoms with E-state index in [4.69, 9.17) is 9.47 Å². The summed E-state index contributed by atoms with van der Waals surface area (Å²) in [5.41, 5.74) is 0. The Labute approximate surface area is 103 Å². The highest BCUT2D eigenvalue weighted by molar-refractivity contribution is 5.80. The number of hydrogen-bond donors (Lipinski definition) is 1. The van der Waals surface area contributed by atoms with Crippen molar-refractivity contribution in [1.29, 1.82) is 0 Å². The predicted molar refractivity (Wildman–Crippen MR) is 66.0 cm³/mol. The van der Waals surface area contributed by atoms with Gasteiger partial charge in [-0.25, -0.2) is 0 Å². The molecular weight excluding hydrogens is 220 g/mol. The Kier molecular flexibility index (Phi) is 7.16. The molecule has 17 heavy (non-hydrogen) atoms. The molecule has 0 aromatic rings. The zero-order valence-corrected chi connectivity index (χ0v) is 10.9. The molecular formula is C12H24N2O3. The summed E-state index contributed by atoms with van der Waals surface area (Å²) in [6.07, 6.45) is 0.763. The van der Waals surface area contributed by atoms with Gasteiger partial charge >= 0.3 is 0 Å². The molecule has 0 aliphatic carbocycles. The summed E-state index contributed by atoms with van der Waals surface area (Å²) in [7, 11) is 0. The van der Waals surface area contributed by atoms with E-state index in [1.807, 2.05) is 11.8 Å². The van der Waals surface area contributed by atoms with Gasteiger partial charge < -0.3 is 19.7 Å². The van der Waals surface area contributed by atoms with Gasteiger partial charge in [0.1, 0.15) is 6.10 Å². The lowest BCUT2D eigenvalue weighted by Crippen LogP contribution is -2.45. The van der Waals surface area contributed by atoms with E-state index in [1.54, 1.807) is 0 Å². The molecule has 0 aromatic carbocycles. The average Bonchev–Trinajstić information content (AvgIpc) is 2.38. The monoisotopic (exact) mass is 244 g/mol. The molecule has 1 unspecified atom stereocenters. The Bertz CT molecular complexity index is 218. The van der Waals surface area contributed by atoms with Gasteiger partial charge in [0.25, 0.3) is 5.91 Å². The minimum Gasteiger partial charge on any atom is -0.378 e. The number of morpholine rings is 1. The van der Waals surface area contributed by atoms with Crippen molar-refractivity contribution in [2.75, 3.05) is 46.0 Å². The van der Waals surface area contributed by atoms with Crippen LogP contribution in [0.2, 0.25) is 0 Å². The first-order chi connectivity index (χ1) is 8.25. The summed E-state index contributed by atoms with van der Waals surface area (Å²) in [5, 5.41) is 3.24. The highest BCUT2D eigenvalue weighted by Gasteiger charge is 2.22. The third-order valence-corrected chi connectivity index (χ3v) is 2.74. The molecule has 0 saturated carbocycles. The summed E-state index contributed by atoms with van der Waals surface area (Å²) in [6.45, 7) is 8.95. The van der Waals surface area contributed by atoms with Crippen LogP contribution in [0.4, 0.5) is 0 Å². The van der Waals surface area contributed by atoms with Crippen molar-refractivity contribution in [1.82, 2.24) is 10.2 Å². The Morgan fingerprint density at radius 2 is 2.12 bits per heavy atom. The van der Waals surface area contributed by atoms with Crippen LogP contribution in [-0.2, 0) is 14.3 Å². The van der Waals surface area contributed by atoms with Crippen molar-refractivity contribution in [2.24, 2.45) is 0 Å². The average molecular weight is 244 g/mol. The fraction of sp³-hybridized carbons (Fsp3) is 0.917. The molecule has 1 saturated heterocycles. The van der Waals surface area contributed by atoms with E-state index in [1.165, 1.54) is 0 Å². The molecule has 1 amide bonds. The maximum Gasteiger partial charge on any atom is 0.251 e. The van der Waals surface area contributed by atoms with Crippen LogP contribution in [0.1, 0.15) is 20.3 Å². The quantitative estimate of drug-likeness (QED) is 0.652. The molecule has 100 valence electrons. The van der Waals surface area contributed by atoms with Gasteiger partial charge in [-0.2, -0.15) is 0 Å². The first kappa shape index (κ1) is 14.4. The summed E-state index contributed by atoms with van der Waals surface area (Å²) < 4.78 is 10.7. The van der Waals surface area contributed by atoms with Gasteiger partial charge in [-0.15, -0.1) is 0 Å². The number of ether oxygens (including phenoxy) is 2. The van der Waals surface area contributed by atoms with Crippen LogP contribution >= 0.6 is 0 Å². The zero-order chi connectivity index (χ0) is 12.5. The van der Waals surface area contributed by atoms with Crippen molar-refractivity contribution in [3.05, 3.63) is 0 Å². The normalized spacial score (nSPS) is 18.1. The van der Waals surface area contributed by atoms with Gasteiger partial charge in [0.2, 0.25) is 0 Å². The fourth-order valence-electron chi connectivity index (χ4n) is 1.72.